The van der Waals surface area contributed by atoms with E-state index in [1.165, 1.54) is 17.8 Å². The Morgan fingerprint density at radius 1 is 1.38 bits per heavy atom. The van der Waals surface area contributed by atoms with Crippen molar-refractivity contribution in [3.8, 4) is 0 Å². The Labute approximate surface area is 137 Å². The summed E-state index contributed by atoms with van der Waals surface area (Å²) in [4.78, 5) is 31.4. The Morgan fingerprint density at radius 2 is 2.17 bits per heavy atom. The second-order valence-electron chi connectivity index (χ2n) is 5.07. The van der Waals surface area contributed by atoms with Gasteiger partial charge < -0.3 is 9.15 Å². The van der Waals surface area contributed by atoms with E-state index in [-0.39, 0.29) is 0 Å². The van der Waals surface area contributed by atoms with Gasteiger partial charge in [0.2, 0.25) is 0 Å². The van der Waals surface area contributed by atoms with Crippen LogP contribution in [0.1, 0.15) is 11.1 Å². The molecule has 0 radical (unpaired) electrons. The Balaban J connectivity index is 1.85. The van der Waals surface area contributed by atoms with Gasteiger partial charge in [-0.2, -0.15) is 0 Å². The third-order valence-corrected chi connectivity index (χ3v) is 3.51. The Morgan fingerprint density at radius 3 is 2.92 bits per heavy atom. The van der Waals surface area contributed by atoms with E-state index >= 15 is 0 Å². The molecule has 0 aromatic carbocycles. The average Bonchev–Trinajstić information content (AvgIpc) is 2.93. The molecule has 24 heavy (non-hydrogen) atoms. The number of esters is 1. The van der Waals surface area contributed by atoms with Gasteiger partial charge in [-0.1, -0.05) is 0 Å². The predicted octanol–water partition coefficient (Wildman–Crippen LogP) is 1.81. The van der Waals surface area contributed by atoms with E-state index in [1.54, 1.807) is 30.7 Å². The largest absolute Gasteiger partial charge is 0.466 e. The molecule has 0 unspecified atom stereocenters. The van der Waals surface area contributed by atoms with Crippen molar-refractivity contribution in [3.05, 3.63) is 64.5 Å². The smallest absolute Gasteiger partial charge is 0.421 e. The molecule has 0 aliphatic rings. The van der Waals surface area contributed by atoms with Crippen LogP contribution < -0.4 is 5.76 Å². The first kappa shape index (κ1) is 15.7. The van der Waals surface area contributed by atoms with Crippen molar-refractivity contribution in [1.29, 1.82) is 0 Å². The Bertz CT molecular complexity index is 941. The summed E-state index contributed by atoms with van der Waals surface area (Å²) in [6.07, 6.45) is 8.49. The van der Waals surface area contributed by atoms with Crippen molar-refractivity contribution in [3.63, 3.8) is 0 Å². The Kier molecular flexibility index (Phi) is 4.51. The maximum absolute atomic E-state index is 12.0. The Hall–Kier alpha value is -3.22. The van der Waals surface area contributed by atoms with E-state index in [2.05, 4.69) is 14.7 Å². The highest BCUT2D eigenvalue weighted by Crippen LogP contribution is 2.14. The number of carbonyl (C=O) groups is 1. The average molecular weight is 325 g/mol. The lowest BCUT2D eigenvalue weighted by Gasteiger charge is -2.02. The van der Waals surface area contributed by atoms with E-state index in [1.807, 2.05) is 12.1 Å². The fourth-order valence-corrected chi connectivity index (χ4v) is 2.28. The molecule has 0 bridgehead atoms. The summed E-state index contributed by atoms with van der Waals surface area (Å²) in [6.45, 7) is 0.459. The maximum atomic E-state index is 12.0. The van der Waals surface area contributed by atoms with Gasteiger partial charge in [0.05, 0.1) is 7.11 Å². The molecule has 3 aromatic heterocycles. The number of aromatic nitrogens is 3. The third kappa shape index (κ3) is 3.40. The van der Waals surface area contributed by atoms with Crippen molar-refractivity contribution in [2.75, 3.05) is 7.11 Å². The molecule has 0 aliphatic carbocycles. The minimum Gasteiger partial charge on any atom is -0.466 e. The van der Waals surface area contributed by atoms with Gasteiger partial charge in [-0.05, 0) is 41.8 Å². The second-order valence-corrected chi connectivity index (χ2v) is 5.07. The number of aryl methyl sites for hydroxylation is 2. The lowest BCUT2D eigenvalue weighted by molar-refractivity contribution is -0.134. The van der Waals surface area contributed by atoms with E-state index in [0.717, 1.165) is 5.56 Å². The number of pyridine rings is 2. The van der Waals surface area contributed by atoms with Crippen molar-refractivity contribution >= 4 is 23.3 Å². The maximum Gasteiger partial charge on any atom is 0.421 e. The van der Waals surface area contributed by atoms with Crippen molar-refractivity contribution in [2.45, 2.75) is 13.0 Å². The van der Waals surface area contributed by atoms with Gasteiger partial charge in [0.15, 0.2) is 11.2 Å². The normalized spacial score (nSPS) is 11.2. The van der Waals surface area contributed by atoms with Crippen molar-refractivity contribution in [2.24, 2.45) is 0 Å². The van der Waals surface area contributed by atoms with Crippen LogP contribution in [0.15, 0.2) is 52.1 Å². The van der Waals surface area contributed by atoms with Crippen LogP contribution in [0.4, 0.5) is 0 Å². The first-order chi connectivity index (χ1) is 11.7. The number of carbonyl (C=O) groups excluding carboxylic acids is 1. The molecule has 122 valence electrons. The molecule has 0 atom stereocenters. The predicted molar refractivity (Wildman–Crippen MR) is 87.3 cm³/mol. The summed E-state index contributed by atoms with van der Waals surface area (Å²) in [5.41, 5.74) is 2.57. The van der Waals surface area contributed by atoms with E-state index < -0.39 is 11.7 Å². The van der Waals surface area contributed by atoms with Gasteiger partial charge in [0.1, 0.15) is 0 Å². The van der Waals surface area contributed by atoms with Gasteiger partial charge in [-0.15, -0.1) is 0 Å². The minimum atomic E-state index is -0.466. The molecular weight excluding hydrogens is 310 g/mol. The van der Waals surface area contributed by atoms with E-state index in [0.29, 0.717) is 29.8 Å². The fraction of sp³-hybridized carbons (Fsp3) is 0.176. The van der Waals surface area contributed by atoms with E-state index in [4.69, 9.17) is 4.42 Å². The van der Waals surface area contributed by atoms with Crippen molar-refractivity contribution < 1.29 is 13.9 Å². The molecular formula is C17H15N3O4. The minimum absolute atomic E-state index is 0.377. The molecule has 0 amide bonds. The summed E-state index contributed by atoms with van der Waals surface area (Å²) in [7, 11) is 1.30. The number of oxazole rings is 1. The van der Waals surface area contributed by atoms with Crippen molar-refractivity contribution in [1.82, 2.24) is 14.5 Å². The lowest BCUT2D eigenvalue weighted by Crippen LogP contribution is -2.16. The number of methoxy groups -OCH3 is 1. The van der Waals surface area contributed by atoms with Crippen LogP contribution in [0.25, 0.3) is 17.3 Å². The fourth-order valence-electron chi connectivity index (χ4n) is 2.28. The second kappa shape index (κ2) is 6.91. The molecule has 3 heterocycles. The van der Waals surface area contributed by atoms with Gasteiger partial charge >= 0.3 is 11.7 Å². The van der Waals surface area contributed by atoms with Gasteiger partial charge in [0.25, 0.3) is 0 Å². The number of rotatable bonds is 5. The number of fused-ring (bicyclic) bond motifs is 1. The lowest BCUT2D eigenvalue weighted by atomic mass is 10.2. The number of hydrogen-bond acceptors (Lipinski definition) is 6. The monoisotopic (exact) mass is 325 g/mol. The molecule has 7 heteroatoms. The SMILES string of the molecule is COC(=O)/C=C/c1cnc2c(c1)oc(=O)n2CCc1ccncc1. The number of nitrogens with zero attached hydrogens (tertiary/aromatic N) is 3. The van der Waals surface area contributed by atoms with Crippen LogP contribution >= 0.6 is 0 Å². The quantitative estimate of drug-likeness (QED) is 0.525. The summed E-state index contributed by atoms with van der Waals surface area (Å²) < 4.78 is 11.3. The summed E-state index contributed by atoms with van der Waals surface area (Å²) in [5, 5.41) is 0. The van der Waals surface area contributed by atoms with Gasteiger partial charge in [-0.25, -0.2) is 14.6 Å². The molecule has 0 fully saturated rings. The first-order valence-electron chi connectivity index (χ1n) is 7.31. The molecule has 0 saturated heterocycles. The van der Waals surface area contributed by atoms with Crippen LogP contribution in [0.3, 0.4) is 0 Å². The van der Waals surface area contributed by atoms with Gasteiger partial charge in [0, 0.05) is 31.2 Å². The highest BCUT2D eigenvalue weighted by molar-refractivity contribution is 5.87. The molecule has 0 spiro atoms. The topological polar surface area (TPSA) is 87.2 Å². The zero-order valence-corrected chi connectivity index (χ0v) is 13.0. The standard InChI is InChI=1S/C17H15N3O4/c1-23-15(21)3-2-13-10-14-16(19-11-13)20(17(22)24-14)9-6-12-4-7-18-8-5-12/h2-5,7-8,10-11H,6,9H2,1H3/b3-2+. The molecule has 0 saturated carbocycles. The zero-order valence-electron chi connectivity index (χ0n) is 13.0. The number of hydrogen-bond donors (Lipinski definition) is 0. The summed E-state index contributed by atoms with van der Waals surface area (Å²) >= 11 is 0. The molecule has 0 N–H and O–H groups in total. The molecule has 0 aliphatic heterocycles. The summed E-state index contributed by atoms with van der Waals surface area (Å²) in [6, 6.07) is 5.46. The molecule has 7 nitrogen and oxygen atoms in total. The highest BCUT2D eigenvalue weighted by atomic mass is 16.5. The van der Waals surface area contributed by atoms with Crippen LogP contribution in [0, 0.1) is 0 Å². The number of ether oxygens (including phenoxy) is 1. The first-order valence-corrected chi connectivity index (χ1v) is 7.31. The highest BCUT2D eigenvalue weighted by Gasteiger charge is 2.11. The van der Waals surface area contributed by atoms with Crippen LogP contribution in [0.5, 0.6) is 0 Å². The van der Waals surface area contributed by atoms with Crippen LogP contribution in [-0.4, -0.2) is 27.6 Å². The molecule has 3 rings (SSSR count). The molecule has 3 aromatic rings. The summed E-state index contributed by atoms with van der Waals surface area (Å²) in [5.74, 6) is -0.924. The van der Waals surface area contributed by atoms with E-state index in [9.17, 15) is 9.59 Å². The third-order valence-electron chi connectivity index (χ3n) is 3.51. The zero-order chi connectivity index (χ0) is 16.9. The van der Waals surface area contributed by atoms with Crippen LogP contribution in [-0.2, 0) is 22.5 Å². The van der Waals surface area contributed by atoms with Crippen LogP contribution in [0.2, 0.25) is 0 Å². The van der Waals surface area contributed by atoms with Gasteiger partial charge in [-0.3, -0.25) is 9.55 Å².